The SMILES string of the molecule is C[C@@H]1CN(c2ccccc2NC(=O)N[C@@H](CN2CCCC2=O)c2ccccc2)C[C@H](C)O1. The lowest BCUT2D eigenvalue weighted by Gasteiger charge is -2.37. The number of ether oxygens (including phenoxy) is 1. The number of rotatable bonds is 6. The number of carbonyl (C=O) groups excluding carboxylic acids is 2. The van der Waals surface area contributed by atoms with Crippen LogP contribution in [0.25, 0.3) is 0 Å². The zero-order valence-corrected chi connectivity index (χ0v) is 18.8. The van der Waals surface area contributed by atoms with Crippen LogP contribution in [0, 0.1) is 0 Å². The Labute approximate surface area is 189 Å². The number of para-hydroxylation sites is 2. The van der Waals surface area contributed by atoms with Crippen molar-refractivity contribution in [3.05, 3.63) is 60.2 Å². The van der Waals surface area contributed by atoms with E-state index in [1.165, 1.54) is 0 Å². The minimum absolute atomic E-state index is 0.126. The number of amides is 3. The van der Waals surface area contributed by atoms with E-state index in [9.17, 15) is 9.59 Å². The lowest BCUT2D eigenvalue weighted by atomic mass is 10.1. The van der Waals surface area contributed by atoms with Crippen molar-refractivity contribution >= 4 is 23.3 Å². The predicted molar refractivity (Wildman–Crippen MR) is 126 cm³/mol. The van der Waals surface area contributed by atoms with Gasteiger partial charge < -0.3 is 25.2 Å². The van der Waals surface area contributed by atoms with Crippen LogP contribution in [-0.2, 0) is 9.53 Å². The van der Waals surface area contributed by atoms with E-state index < -0.39 is 0 Å². The van der Waals surface area contributed by atoms with Crippen molar-refractivity contribution in [1.82, 2.24) is 10.2 Å². The third kappa shape index (κ3) is 5.40. The number of carbonyl (C=O) groups is 2. The summed E-state index contributed by atoms with van der Waals surface area (Å²) >= 11 is 0. The zero-order chi connectivity index (χ0) is 22.5. The molecule has 0 aromatic heterocycles. The second-order valence-electron chi connectivity index (χ2n) is 8.68. The average molecular weight is 437 g/mol. The Morgan fingerprint density at radius 3 is 2.44 bits per heavy atom. The first-order valence-corrected chi connectivity index (χ1v) is 11.4. The maximum absolute atomic E-state index is 13.0. The Kier molecular flexibility index (Phi) is 6.95. The van der Waals surface area contributed by atoms with Gasteiger partial charge >= 0.3 is 6.03 Å². The molecule has 2 fully saturated rings. The normalized spacial score (nSPS) is 22.0. The van der Waals surface area contributed by atoms with Crippen LogP contribution in [-0.4, -0.2) is 55.2 Å². The number of hydrogen-bond donors (Lipinski definition) is 2. The molecule has 3 atom stereocenters. The van der Waals surface area contributed by atoms with E-state index in [0.29, 0.717) is 13.0 Å². The van der Waals surface area contributed by atoms with Crippen LogP contribution in [0.5, 0.6) is 0 Å². The van der Waals surface area contributed by atoms with Crippen molar-refractivity contribution in [3.8, 4) is 0 Å². The van der Waals surface area contributed by atoms with Crippen LogP contribution in [0.2, 0.25) is 0 Å². The van der Waals surface area contributed by atoms with Gasteiger partial charge in [0.05, 0.1) is 29.6 Å². The molecule has 7 heteroatoms. The fraction of sp³-hybridized carbons (Fsp3) is 0.440. The minimum Gasteiger partial charge on any atom is -0.372 e. The summed E-state index contributed by atoms with van der Waals surface area (Å²) in [5.74, 6) is 0.147. The molecule has 2 saturated heterocycles. The van der Waals surface area contributed by atoms with Crippen LogP contribution in [0.1, 0.15) is 38.3 Å². The molecule has 2 aliphatic heterocycles. The summed E-state index contributed by atoms with van der Waals surface area (Å²) in [6, 6.07) is 17.1. The van der Waals surface area contributed by atoms with E-state index in [1.807, 2.05) is 59.5 Å². The Hall–Kier alpha value is -3.06. The van der Waals surface area contributed by atoms with Crippen molar-refractivity contribution in [2.24, 2.45) is 0 Å². The van der Waals surface area contributed by atoms with Gasteiger partial charge in [-0.15, -0.1) is 0 Å². The summed E-state index contributed by atoms with van der Waals surface area (Å²) in [6.07, 6.45) is 1.70. The third-order valence-corrected chi connectivity index (χ3v) is 5.99. The molecule has 0 aliphatic carbocycles. The Bertz CT molecular complexity index is 926. The molecule has 170 valence electrons. The van der Waals surface area contributed by atoms with Crippen LogP contribution >= 0.6 is 0 Å². The number of hydrogen-bond acceptors (Lipinski definition) is 4. The third-order valence-electron chi connectivity index (χ3n) is 5.99. The molecule has 7 nitrogen and oxygen atoms in total. The van der Waals surface area contributed by atoms with Gasteiger partial charge in [0.2, 0.25) is 5.91 Å². The average Bonchev–Trinajstić information content (AvgIpc) is 3.18. The smallest absolute Gasteiger partial charge is 0.319 e. The molecule has 0 bridgehead atoms. The molecule has 4 rings (SSSR count). The molecule has 32 heavy (non-hydrogen) atoms. The summed E-state index contributed by atoms with van der Waals surface area (Å²) in [4.78, 5) is 29.3. The second kappa shape index (κ2) is 10.0. The van der Waals surface area contributed by atoms with Crippen molar-refractivity contribution in [1.29, 1.82) is 0 Å². The summed E-state index contributed by atoms with van der Waals surface area (Å²) in [7, 11) is 0. The van der Waals surface area contributed by atoms with Gasteiger partial charge in [0.1, 0.15) is 0 Å². The fourth-order valence-corrected chi connectivity index (χ4v) is 4.58. The van der Waals surface area contributed by atoms with Gasteiger partial charge in [0, 0.05) is 32.6 Å². The molecule has 0 radical (unpaired) electrons. The number of benzene rings is 2. The largest absolute Gasteiger partial charge is 0.372 e. The quantitative estimate of drug-likeness (QED) is 0.723. The maximum Gasteiger partial charge on any atom is 0.319 e. The molecule has 0 saturated carbocycles. The summed E-state index contributed by atoms with van der Waals surface area (Å²) in [6.45, 7) is 6.88. The summed E-state index contributed by atoms with van der Waals surface area (Å²) in [5, 5.41) is 6.13. The predicted octanol–water partition coefficient (Wildman–Crippen LogP) is 3.79. The summed E-state index contributed by atoms with van der Waals surface area (Å²) < 4.78 is 5.86. The van der Waals surface area contributed by atoms with Crippen molar-refractivity contribution in [3.63, 3.8) is 0 Å². The Morgan fingerprint density at radius 2 is 1.75 bits per heavy atom. The molecule has 2 N–H and O–H groups in total. The van der Waals surface area contributed by atoms with Crippen LogP contribution < -0.4 is 15.5 Å². The van der Waals surface area contributed by atoms with Crippen molar-refractivity contribution < 1.29 is 14.3 Å². The lowest BCUT2D eigenvalue weighted by Crippen LogP contribution is -2.46. The maximum atomic E-state index is 13.0. The van der Waals surface area contributed by atoms with Crippen LogP contribution in [0.3, 0.4) is 0 Å². The minimum atomic E-state index is -0.285. The highest BCUT2D eigenvalue weighted by Gasteiger charge is 2.27. The van der Waals surface area contributed by atoms with Gasteiger partial charge in [-0.1, -0.05) is 42.5 Å². The molecule has 2 aromatic rings. The molecule has 2 aromatic carbocycles. The highest BCUT2D eigenvalue weighted by atomic mass is 16.5. The number of morpholine rings is 1. The number of nitrogens with one attached hydrogen (secondary N) is 2. The highest BCUT2D eigenvalue weighted by Crippen LogP contribution is 2.29. The molecule has 0 spiro atoms. The van der Waals surface area contributed by atoms with Crippen molar-refractivity contribution in [2.45, 2.75) is 44.9 Å². The number of likely N-dealkylation sites (tertiary alicyclic amines) is 1. The van der Waals surface area contributed by atoms with Gasteiger partial charge in [-0.2, -0.15) is 0 Å². The van der Waals surface area contributed by atoms with E-state index >= 15 is 0 Å². The molecule has 2 heterocycles. The first kappa shape index (κ1) is 22.1. The van der Waals surface area contributed by atoms with E-state index in [-0.39, 0.29) is 30.2 Å². The van der Waals surface area contributed by atoms with E-state index in [2.05, 4.69) is 29.4 Å². The number of nitrogens with zero attached hydrogens (tertiary/aromatic N) is 2. The van der Waals surface area contributed by atoms with Gasteiger partial charge in [0.25, 0.3) is 0 Å². The van der Waals surface area contributed by atoms with Gasteiger partial charge in [0.15, 0.2) is 0 Å². The van der Waals surface area contributed by atoms with Gasteiger partial charge in [-0.05, 0) is 38.0 Å². The standard InChI is InChI=1S/C25H32N4O3/c1-18-15-29(16-19(2)32-18)23-12-7-6-11-21(23)26-25(31)27-22(20-9-4-3-5-10-20)17-28-14-8-13-24(28)30/h3-7,9-12,18-19,22H,8,13-17H2,1-2H3,(H2,26,27,31)/t18-,19+,22-/m0/s1. The first-order chi connectivity index (χ1) is 15.5. The molecular weight excluding hydrogens is 404 g/mol. The van der Waals surface area contributed by atoms with Gasteiger partial charge in [-0.3, -0.25) is 4.79 Å². The second-order valence-corrected chi connectivity index (χ2v) is 8.68. The van der Waals surface area contributed by atoms with Crippen LogP contribution in [0.15, 0.2) is 54.6 Å². The molecular formula is C25H32N4O3. The van der Waals surface area contributed by atoms with E-state index in [1.54, 1.807) is 0 Å². The topological polar surface area (TPSA) is 73.9 Å². The van der Waals surface area contributed by atoms with Crippen LogP contribution in [0.4, 0.5) is 16.2 Å². The highest BCUT2D eigenvalue weighted by molar-refractivity contribution is 5.93. The summed E-state index contributed by atoms with van der Waals surface area (Å²) in [5.41, 5.74) is 2.72. The number of anilines is 2. The van der Waals surface area contributed by atoms with E-state index in [0.717, 1.165) is 43.0 Å². The molecule has 2 aliphatic rings. The fourth-order valence-electron chi connectivity index (χ4n) is 4.58. The monoisotopic (exact) mass is 436 g/mol. The Balaban J connectivity index is 1.48. The first-order valence-electron chi connectivity index (χ1n) is 11.4. The molecule has 0 unspecified atom stereocenters. The van der Waals surface area contributed by atoms with Crippen molar-refractivity contribution in [2.75, 3.05) is 36.4 Å². The van der Waals surface area contributed by atoms with E-state index in [4.69, 9.17) is 4.74 Å². The zero-order valence-electron chi connectivity index (χ0n) is 18.8. The van der Waals surface area contributed by atoms with Gasteiger partial charge in [-0.25, -0.2) is 4.79 Å². The molecule has 3 amide bonds. The Morgan fingerprint density at radius 1 is 1.06 bits per heavy atom. The number of urea groups is 1. The lowest BCUT2D eigenvalue weighted by molar-refractivity contribution is -0.128.